The van der Waals surface area contributed by atoms with Gasteiger partial charge in [0.25, 0.3) is 0 Å². The van der Waals surface area contributed by atoms with Crippen LogP contribution in [0.1, 0.15) is 31.4 Å². The van der Waals surface area contributed by atoms with Gasteiger partial charge in [0.05, 0.1) is 12.8 Å². The fourth-order valence-corrected chi connectivity index (χ4v) is 3.18. The van der Waals surface area contributed by atoms with Gasteiger partial charge in [-0.15, -0.1) is 0 Å². The summed E-state index contributed by atoms with van der Waals surface area (Å²) in [5.74, 6) is -0.325. The van der Waals surface area contributed by atoms with Crippen LogP contribution in [0.2, 0.25) is 0 Å². The molecular weight excluding hydrogens is 288 g/mol. The highest BCUT2D eigenvalue weighted by Gasteiger charge is 2.24. The van der Waals surface area contributed by atoms with Crippen LogP contribution in [0.5, 0.6) is 0 Å². The monoisotopic (exact) mass is 312 g/mol. The maximum absolute atomic E-state index is 12.1. The number of hydrogen-bond acceptors (Lipinski definition) is 3. The molecule has 1 aromatic carbocycles. The third-order valence-electron chi connectivity index (χ3n) is 3.69. The van der Waals surface area contributed by atoms with Crippen LogP contribution < -0.4 is 5.32 Å². The van der Waals surface area contributed by atoms with Gasteiger partial charge in [0.2, 0.25) is 15.9 Å². The maximum atomic E-state index is 12.1. The fourth-order valence-electron chi connectivity index (χ4n) is 2.02. The van der Waals surface area contributed by atoms with Crippen molar-refractivity contribution in [2.24, 2.45) is 0 Å². The first-order valence-electron chi connectivity index (χ1n) is 6.99. The number of nitrogens with one attached hydrogen (secondary N) is 1. The Balaban J connectivity index is 2.86. The summed E-state index contributed by atoms with van der Waals surface area (Å²) < 4.78 is 24.8. The SMILES string of the molecule is CCC(C)N(CC(=O)Nc1cccc(C)c1C)S(C)(=O)=O. The van der Waals surface area contributed by atoms with E-state index in [1.807, 2.05) is 39.0 Å². The zero-order valence-electron chi connectivity index (χ0n) is 13.3. The second-order valence-electron chi connectivity index (χ2n) is 5.36. The molecule has 21 heavy (non-hydrogen) atoms. The molecule has 1 unspecified atom stereocenters. The van der Waals surface area contributed by atoms with E-state index < -0.39 is 10.0 Å². The van der Waals surface area contributed by atoms with Crippen LogP contribution in [-0.4, -0.2) is 37.5 Å². The molecule has 1 atom stereocenters. The predicted octanol–water partition coefficient (Wildman–Crippen LogP) is 2.30. The topological polar surface area (TPSA) is 66.5 Å². The maximum Gasteiger partial charge on any atom is 0.239 e. The first kappa shape index (κ1) is 17.7. The van der Waals surface area contributed by atoms with Crippen LogP contribution in [0.15, 0.2) is 18.2 Å². The van der Waals surface area contributed by atoms with Gasteiger partial charge in [0.15, 0.2) is 0 Å². The van der Waals surface area contributed by atoms with Crippen LogP contribution in [0, 0.1) is 13.8 Å². The van der Waals surface area contributed by atoms with Gasteiger partial charge in [-0.3, -0.25) is 4.79 Å². The Kier molecular flexibility index (Phi) is 5.92. The van der Waals surface area contributed by atoms with Crippen molar-refractivity contribution < 1.29 is 13.2 Å². The van der Waals surface area contributed by atoms with E-state index in [-0.39, 0.29) is 18.5 Å². The second kappa shape index (κ2) is 7.04. The molecule has 0 saturated heterocycles. The van der Waals surface area contributed by atoms with E-state index in [1.165, 1.54) is 4.31 Å². The van der Waals surface area contributed by atoms with E-state index in [0.717, 1.165) is 23.1 Å². The molecule has 0 spiro atoms. The van der Waals surface area contributed by atoms with Crippen LogP contribution in [-0.2, 0) is 14.8 Å². The Hall–Kier alpha value is -1.40. The van der Waals surface area contributed by atoms with Crippen LogP contribution in [0.3, 0.4) is 0 Å². The van der Waals surface area contributed by atoms with Gasteiger partial charge in [-0.05, 0) is 44.4 Å². The van der Waals surface area contributed by atoms with E-state index in [2.05, 4.69) is 5.32 Å². The smallest absolute Gasteiger partial charge is 0.239 e. The van der Waals surface area contributed by atoms with Crippen molar-refractivity contribution in [3.63, 3.8) is 0 Å². The lowest BCUT2D eigenvalue weighted by atomic mass is 10.1. The highest BCUT2D eigenvalue weighted by atomic mass is 32.2. The number of sulfonamides is 1. The third kappa shape index (κ3) is 4.82. The number of amides is 1. The summed E-state index contributed by atoms with van der Waals surface area (Å²) >= 11 is 0. The standard InChI is InChI=1S/C15H24N2O3S/c1-6-12(3)17(21(5,19)20)10-15(18)16-14-9-7-8-11(2)13(14)4/h7-9,12H,6,10H2,1-5H3,(H,16,18). The molecule has 0 aliphatic rings. The van der Waals surface area contributed by atoms with Gasteiger partial charge in [-0.25, -0.2) is 8.42 Å². The van der Waals surface area contributed by atoms with E-state index in [1.54, 1.807) is 6.92 Å². The van der Waals surface area contributed by atoms with Crippen LogP contribution in [0.25, 0.3) is 0 Å². The van der Waals surface area contributed by atoms with Gasteiger partial charge in [0.1, 0.15) is 0 Å². The zero-order chi connectivity index (χ0) is 16.2. The molecule has 0 bridgehead atoms. The summed E-state index contributed by atoms with van der Waals surface area (Å²) in [6, 6.07) is 5.44. The number of rotatable bonds is 6. The summed E-state index contributed by atoms with van der Waals surface area (Å²) in [5.41, 5.74) is 2.78. The zero-order valence-corrected chi connectivity index (χ0v) is 14.1. The number of carbonyl (C=O) groups excluding carboxylic acids is 1. The minimum atomic E-state index is -3.41. The number of benzene rings is 1. The molecule has 1 amide bonds. The van der Waals surface area contributed by atoms with Gasteiger partial charge >= 0.3 is 0 Å². The summed E-state index contributed by atoms with van der Waals surface area (Å²) in [7, 11) is -3.41. The Bertz CT molecular complexity index is 611. The molecule has 0 saturated carbocycles. The fraction of sp³-hybridized carbons (Fsp3) is 0.533. The number of nitrogens with zero attached hydrogens (tertiary/aromatic N) is 1. The number of hydrogen-bond donors (Lipinski definition) is 1. The Morgan fingerprint density at radius 3 is 2.48 bits per heavy atom. The van der Waals surface area contributed by atoms with Crippen molar-refractivity contribution in [1.82, 2.24) is 4.31 Å². The van der Waals surface area contributed by atoms with E-state index in [9.17, 15) is 13.2 Å². The van der Waals surface area contributed by atoms with Crippen molar-refractivity contribution in [1.29, 1.82) is 0 Å². The van der Waals surface area contributed by atoms with E-state index >= 15 is 0 Å². The van der Waals surface area contributed by atoms with Gasteiger partial charge in [-0.1, -0.05) is 19.1 Å². The quantitative estimate of drug-likeness (QED) is 0.876. The molecule has 0 heterocycles. The lowest BCUT2D eigenvalue weighted by molar-refractivity contribution is -0.116. The number of anilines is 1. The summed E-state index contributed by atoms with van der Waals surface area (Å²) in [6.45, 7) is 7.42. The average Bonchev–Trinajstić information content (AvgIpc) is 2.39. The largest absolute Gasteiger partial charge is 0.325 e. The first-order chi connectivity index (χ1) is 9.66. The molecule has 0 aliphatic carbocycles. The summed E-state index contributed by atoms with van der Waals surface area (Å²) in [6.07, 6.45) is 1.79. The Morgan fingerprint density at radius 2 is 1.95 bits per heavy atom. The highest BCUT2D eigenvalue weighted by Crippen LogP contribution is 2.18. The Labute approximate surface area is 127 Å². The number of carbonyl (C=O) groups is 1. The molecule has 1 rings (SSSR count). The first-order valence-corrected chi connectivity index (χ1v) is 8.84. The normalized spacial score (nSPS) is 13.2. The molecule has 1 N–H and O–H groups in total. The highest BCUT2D eigenvalue weighted by molar-refractivity contribution is 7.88. The second-order valence-corrected chi connectivity index (χ2v) is 7.30. The predicted molar refractivity (Wildman–Crippen MR) is 85.8 cm³/mol. The Morgan fingerprint density at radius 1 is 1.33 bits per heavy atom. The van der Waals surface area contributed by atoms with Crippen LogP contribution >= 0.6 is 0 Å². The third-order valence-corrected chi connectivity index (χ3v) is 5.03. The van der Waals surface area contributed by atoms with Gasteiger partial charge in [-0.2, -0.15) is 4.31 Å². The molecule has 0 aromatic heterocycles. The number of aryl methyl sites for hydroxylation is 1. The van der Waals surface area contributed by atoms with E-state index in [0.29, 0.717) is 6.42 Å². The lowest BCUT2D eigenvalue weighted by Crippen LogP contribution is -2.42. The molecule has 118 valence electrons. The molecular formula is C15H24N2O3S. The summed E-state index contributed by atoms with van der Waals surface area (Å²) in [5, 5.41) is 2.79. The average molecular weight is 312 g/mol. The van der Waals surface area contributed by atoms with E-state index in [4.69, 9.17) is 0 Å². The summed E-state index contributed by atoms with van der Waals surface area (Å²) in [4.78, 5) is 12.1. The molecule has 0 fully saturated rings. The van der Waals surface area contributed by atoms with Gasteiger partial charge in [0, 0.05) is 11.7 Å². The molecule has 0 radical (unpaired) electrons. The molecule has 5 nitrogen and oxygen atoms in total. The molecule has 6 heteroatoms. The van der Waals surface area contributed by atoms with Crippen molar-refractivity contribution >= 4 is 21.6 Å². The van der Waals surface area contributed by atoms with Crippen LogP contribution in [0.4, 0.5) is 5.69 Å². The molecule has 0 aliphatic heterocycles. The lowest BCUT2D eigenvalue weighted by Gasteiger charge is -2.25. The van der Waals surface area contributed by atoms with Crippen molar-refractivity contribution in [3.05, 3.63) is 29.3 Å². The van der Waals surface area contributed by atoms with Crippen molar-refractivity contribution in [2.45, 2.75) is 40.2 Å². The van der Waals surface area contributed by atoms with Gasteiger partial charge < -0.3 is 5.32 Å². The van der Waals surface area contributed by atoms with Crippen molar-refractivity contribution in [2.75, 3.05) is 18.1 Å². The minimum Gasteiger partial charge on any atom is -0.325 e. The van der Waals surface area contributed by atoms with Crippen molar-refractivity contribution in [3.8, 4) is 0 Å². The molecule has 1 aromatic rings. The minimum absolute atomic E-state index is 0.165.